The summed E-state index contributed by atoms with van der Waals surface area (Å²) in [4.78, 5) is 13.0. The van der Waals surface area contributed by atoms with Gasteiger partial charge in [-0.1, -0.05) is 33.8 Å². The van der Waals surface area contributed by atoms with Gasteiger partial charge in [0.05, 0.1) is 35.4 Å². The summed E-state index contributed by atoms with van der Waals surface area (Å²) >= 11 is 0. The highest BCUT2D eigenvalue weighted by atomic mass is 19.1. The summed E-state index contributed by atoms with van der Waals surface area (Å²) in [5, 5.41) is 7.58. The fraction of sp³-hybridized carbons (Fsp3) is 0.333. The molecule has 0 unspecified atom stereocenters. The zero-order valence-corrected chi connectivity index (χ0v) is 16.0. The van der Waals surface area contributed by atoms with Gasteiger partial charge >= 0.3 is 0 Å². The summed E-state index contributed by atoms with van der Waals surface area (Å²) in [7, 11) is 0. The number of hydrogen-bond acceptors (Lipinski definition) is 3. The molecule has 1 amide bonds. The van der Waals surface area contributed by atoms with Crippen molar-refractivity contribution in [2.45, 2.75) is 46.1 Å². The van der Waals surface area contributed by atoms with E-state index in [4.69, 9.17) is 4.42 Å². The minimum absolute atomic E-state index is 0.0256. The SMILES string of the molecule is CC(C)c1nn(-c2cccc(F)c2)c(C(C)C)c1C(=O)NCc1ccco1. The molecule has 3 rings (SSSR count). The standard InChI is InChI=1S/C21H24FN3O2/c1-13(2)19-18(21(26)23-12-17-9-6-10-27-17)20(14(3)4)25(24-19)16-8-5-7-15(22)11-16/h5-11,13-14H,12H2,1-4H3,(H,23,26). The number of aromatic nitrogens is 2. The van der Waals surface area contributed by atoms with E-state index < -0.39 is 0 Å². The average Bonchev–Trinajstić information content (AvgIpc) is 3.27. The predicted molar refractivity (Wildman–Crippen MR) is 102 cm³/mol. The number of carbonyl (C=O) groups is 1. The minimum atomic E-state index is -0.340. The van der Waals surface area contributed by atoms with Gasteiger partial charge < -0.3 is 9.73 Å². The van der Waals surface area contributed by atoms with Crippen LogP contribution >= 0.6 is 0 Å². The van der Waals surface area contributed by atoms with Gasteiger partial charge in [0.15, 0.2) is 0 Å². The Morgan fingerprint density at radius 3 is 2.56 bits per heavy atom. The topological polar surface area (TPSA) is 60.1 Å². The van der Waals surface area contributed by atoms with Crippen LogP contribution in [-0.4, -0.2) is 15.7 Å². The lowest BCUT2D eigenvalue weighted by molar-refractivity contribution is 0.0945. The number of furan rings is 1. The first-order valence-corrected chi connectivity index (χ1v) is 9.07. The predicted octanol–water partition coefficient (Wildman–Crippen LogP) is 4.78. The molecule has 0 atom stereocenters. The first-order valence-electron chi connectivity index (χ1n) is 9.07. The van der Waals surface area contributed by atoms with E-state index in [0.717, 1.165) is 5.69 Å². The second kappa shape index (κ2) is 7.78. The van der Waals surface area contributed by atoms with E-state index in [-0.39, 0.29) is 23.6 Å². The molecule has 3 aromatic rings. The number of amides is 1. The normalized spacial score (nSPS) is 11.4. The lowest BCUT2D eigenvalue weighted by Crippen LogP contribution is -2.25. The highest BCUT2D eigenvalue weighted by molar-refractivity contribution is 5.97. The van der Waals surface area contributed by atoms with Crippen molar-refractivity contribution >= 4 is 5.91 Å². The molecular formula is C21H24FN3O2. The van der Waals surface area contributed by atoms with Crippen LogP contribution in [0.25, 0.3) is 5.69 Å². The third-order valence-corrected chi connectivity index (χ3v) is 4.33. The van der Waals surface area contributed by atoms with Gasteiger partial charge in [-0.15, -0.1) is 0 Å². The summed E-state index contributed by atoms with van der Waals surface area (Å²) < 4.78 is 20.7. The van der Waals surface area contributed by atoms with E-state index in [0.29, 0.717) is 29.2 Å². The first-order chi connectivity index (χ1) is 12.9. The van der Waals surface area contributed by atoms with Crippen LogP contribution in [-0.2, 0) is 6.54 Å². The van der Waals surface area contributed by atoms with Gasteiger partial charge in [0.2, 0.25) is 0 Å². The molecule has 0 saturated carbocycles. The molecule has 0 aliphatic carbocycles. The fourth-order valence-corrected chi connectivity index (χ4v) is 3.09. The Bertz CT molecular complexity index is 927. The fourth-order valence-electron chi connectivity index (χ4n) is 3.09. The number of rotatable bonds is 6. The summed E-state index contributed by atoms with van der Waals surface area (Å²) in [6, 6.07) is 9.83. The molecule has 2 heterocycles. The van der Waals surface area contributed by atoms with Crippen LogP contribution in [0.5, 0.6) is 0 Å². The molecular weight excluding hydrogens is 345 g/mol. The second-order valence-electron chi connectivity index (χ2n) is 7.11. The summed E-state index contributed by atoms with van der Waals surface area (Å²) in [6.45, 7) is 8.28. The molecule has 0 radical (unpaired) electrons. The summed E-state index contributed by atoms with van der Waals surface area (Å²) in [6.07, 6.45) is 1.57. The number of nitrogens with one attached hydrogen (secondary N) is 1. The maximum Gasteiger partial charge on any atom is 0.255 e. The minimum Gasteiger partial charge on any atom is -0.467 e. The van der Waals surface area contributed by atoms with Crippen LogP contribution in [0, 0.1) is 5.82 Å². The Morgan fingerprint density at radius 1 is 1.19 bits per heavy atom. The van der Waals surface area contributed by atoms with Crippen LogP contribution in [0.4, 0.5) is 4.39 Å². The monoisotopic (exact) mass is 369 g/mol. The Morgan fingerprint density at radius 2 is 1.96 bits per heavy atom. The van der Waals surface area contributed by atoms with Crippen LogP contribution in [0.1, 0.15) is 67.0 Å². The van der Waals surface area contributed by atoms with Crippen LogP contribution in [0.3, 0.4) is 0 Å². The highest BCUT2D eigenvalue weighted by Gasteiger charge is 2.27. The number of carbonyl (C=O) groups excluding carboxylic acids is 1. The Kier molecular flexibility index (Phi) is 5.44. The van der Waals surface area contributed by atoms with Crippen LogP contribution < -0.4 is 5.32 Å². The maximum absolute atomic E-state index is 13.8. The lowest BCUT2D eigenvalue weighted by atomic mass is 9.98. The van der Waals surface area contributed by atoms with Crippen LogP contribution in [0.2, 0.25) is 0 Å². The van der Waals surface area contributed by atoms with Crippen molar-refractivity contribution in [3.05, 3.63) is 71.2 Å². The van der Waals surface area contributed by atoms with Gasteiger partial charge in [0.1, 0.15) is 11.6 Å². The third-order valence-electron chi connectivity index (χ3n) is 4.33. The second-order valence-corrected chi connectivity index (χ2v) is 7.11. The molecule has 0 aliphatic rings. The van der Waals surface area contributed by atoms with Gasteiger partial charge in [-0.05, 0) is 42.2 Å². The van der Waals surface area contributed by atoms with E-state index in [1.165, 1.54) is 12.1 Å². The molecule has 1 N–H and O–H groups in total. The van der Waals surface area contributed by atoms with Gasteiger partial charge in [-0.2, -0.15) is 5.10 Å². The average molecular weight is 369 g/mol. The van der Waals surface area contributed by atoms with E-state index in [9.17, 15) is 9.18 Å². The Balaban J connectivity index is 2.06. The molecule has 5 nitrogen and oxygen atoms in total. The van der Waals surface area contributed by atoms with Gasteiger partial charge in [-0.25, -0.2) is 9.07 Å². The molecule has 27 heavy (non-hydrogen) atoms. The maximum atomic E-state index is 13.8. The number of hydrogen-bond donors (Lipinski definition) is 1. The molecule has 2 aromatic heterocycles. The van der Waals surface area contributed by atoms with Crippen molar-refractivity contribution in [1.82, 2.24) is 15.1 Å². The van der Waals surface area contributed by atoms with Crippen molar-refractivity contribution in [3.63, 3.8) is 0 Å². The molecule has 0 spiro atoms. The van der Waals surface area contributed by atoms with Gasteiger partial charge in [0, 0.05) is 0 Å². The first kappa shape index (κ1) is 18.9. The Labute approximate surface area is 158 Å². The summed E-state index contributed by atoms with van der Waals surface area (Å²) in [5.74, 6) is 0.200. The number of halogens is 1. The van der Waals surface area contributed by atoms with Gasteiger partial charge in [0.25, 0.3) is 5.91 Å². The number of benzene rings is 1. The zero-order chi connectivity index (χ0) is 19.6. The zero-order valence-electron chi connectivity index (χ0n) is 16.0. The van der Waals surface area contributed by atoms with Crippen LogP contribution in [0.15, 0.2) is 47.1 Å². The molecule has 142 valence electrons. The summed E-state index contributed by atoms with van der Waals surface area (Å²) in [5.41, 5.74) is 2.61. The van der Waals surface area contributed by atoms with Crippen molar-refractivity contribution in [1.29, 1.82) is 0 Å². The molecule has 0 saturated heterocycles. The number of nitrogens with zero attached hydrogens (tertiary/aromatic N) is 2. The van der Waals surface area contributed by atoms with Crippen molar-refractivity contribution in [2.24, 2.45) is 0 Å². The van der Waals surface area contributed by atoms with E-state index in [1.54, 1.807) is 29.1 Å². The Hall–Kier alpha value is -2.89. The molecule has 0 fully saturated rings. The van der Waals surface area contributed by atoms with Crippen molar-refractivity contribution in [3.8, 4) is 5.69 Å². The van der Waals surface area contributed by atoms with Crippen molar-refractivity contribution < 1.29 is 13.6 Å². The van der Waals surface area contributed by atoms with E-state index >= 15 is 0 Å². The quantitative estimate of drug-likeness (QED) is 0.680. The third kappa shape index (κ3) is 3.94. The van der Waals surface area contributed by atoms with Crippen molar-refractivity contribution in [2.75, 3.05) is 0 Å². The van der Waals surface area contributed by atoms with E-state index in [1.807, 2.05) is 33.8 Å². The molecule has 1 aromatic carbocycles. The lowest BCUT2D eigenvalue weighted by Gasteiger charge is -2.13. The highest BCUT2D eigenvalue weighted by Crippen LogP contribution is 2.30. The molecule has 0 bridgehead atoms. The molecule has 6 heteroatoms. The van der Waals surface area contributed by atoms with E-state index in [2.05, 4.69) is 10.4 Å². The molecule has 0 aliphatic heterocycles. The smallest absolute Gasteiger partial charge is 0.255 e. The largest absolute Gasteiger partial charge is 0.467 e. The van der Waals surface area contributed by atoms with Gasteiger partial charge in [-0.3, -0.25) is 4.79 Å².